The number of fused-ring (bicyclic) bond motifs is 1. The number of hydrogen-bond acceptors (Lipinski definition) is 6. The van der Waals surface area contributed by atoms with Crippen molar-refractivity contribution >= 4 is 23.5 Å². The maximum Gasteiger partial charge on any atom is 0.338 e. The lowest BCUT2D eigenvalue weighted by Crippen LogP contribution is -2.44. The van der Waals surface area contributed by atoms with Crippen molar-refractivity contribution in [1.29, 1.82) is 0 Å². The van der Waals surface area contributed by atoms with Crippen molar-refractivity contribution < 1.29 is 28.6 Å². The van der Waals surface area contributed by atoms with Gasteiger partial charge >= 0.3 is 17.8 Å². The highest BCUT2D eigenvalue weighted by Crippen LogP contribution is 2.30. The third kappa shape index (κ3) is 4.79. The summed E-state index contributed by atoms with van der Waals surface area (Å²) in [5.41, 5.74) is 0.749. The van der Waals surface area contributed by atoms with Crippen LogP contribution in [0, 0.1) is 0 Å². The SMILES string of the molecule is CCOC(=O)c1ccc(NC(=O)C(=O)NCC2COc3ccccc3O2)cc1. The fraction of sp³-hybridized carbons (Fsp3) is 0.250. The van der Waals surface area contributed by atoms with Gasteiger partial charge in [0.05, 0.1) is 18.7 Å². The predicted octanol–water partition coefficient (Wildman–Crippen LogP) is 1.76. The number of nitrogens with one attached hydrogen (secondary N) is 2. The number of carbonyl (C=O) groups is 3. The van der Waals surface area contributed by atoms with Crippen LogP contribution >= 0.6 is 0 Å². The van der Waals surface area contributed by atoms with Crippen LogP contribution in [0.1, 0.15) is 17.3 Å². The van der Waals surface area contributed by atoms with E-state index < -0.39 is 23.9 Å². The van der Waals surface area contributed by atoms with Crippen LogP contribution in [0.4, 0.5) is 5.69 Å². The summed E-state index contributed by atoms with van der Waals surface area (Å²) in [4.78, 5) is 35.6. The van der Waals surface area contributed by atoms with Gasteiger partial charge in [-0.25, -0.2) is 4.79 Å². The summed E-state index contributed by atoms with van der Waals surface area (Å²) in [6.07, 6.45) is -0.393. The number of hydrogen-bond donors (Lipinski definition) is 2. The van der Waals surface area contributed by atoms with Gasteiger partial charge in [0, 0.05) is 5.69 Å². The average Bonchev–Trinajstić information content (AvgIpc) is 2.72. The van der Waals surface area contributed by atoms with Crippen molar-refractivity contribution in [2.24, 2.45) is 0 Å². The quantitative estimate of drug-likeness (QED) is 0.602. The number of rotatable bonds is 5. The molecule has 8 heteroatoms. The molecule has 2 amide bonds. The number of benzene rings is 2. The molecular formula is C20H20N2O6. The van der Waals surface area contributed by atoms with Crippen LogP contribution in [-0.4, -0.2) is 43.6 Å². The minimum Gasteiger partial charge on any atom is -0.486 e. The van der Waals surface area contributed by atoms with Gasteiger partial charge in [0.15, 0.2) is 11.5 Å². The molecule has 2 N–H and O–H groups in total. The average molecular weight is 384 g/mol. The molecule has 0 radical (unpaired) electrons. The Balaban J connectivity index is 1.47. The van der Waals surface area contributed by atoms with Crippen LogP contribution in [0.2, 0.25) is 0 Å². The molecule has 0 bridgehead atoms. The molecule has 0 spiro atoms. The van der Waals surface area contributed by atoms with Gasteiger partial charge < -0.3 is 24.8 Å². The number of amides is 2. The van der Waals surface area contributed by atoms with Crippen molar-refractivity contribution in [3.63, 3.8) is 0 Å². The summed E-state index contributed by atoms with van der Waals surface area (Å²) in [6, 6.07) is 13.3. The molecule has 0 saturated heterocycles. The smallest absolute Gasteiger partial charge is 0.338 e. The predicted molar refractivity (Wildman–Crippen MR) is 100 cm³/mol. The van der Waals surface area contributed by atoms with Crippen LogP contribution in [0.3, 0.4) is 0 Å². The van der Waals surface area contributed by atoms with Crippen molar-refractivity contribution in [2.45, 2.75) is 13.0 Å². The first-order chi connectivity index (χ1) is 13.6. The standard InChI is InChI=1S/C20H20N2O6/c1-2-26-20(25)13-7-9-14(10-8-13)22-19(24)18(23)21-11-15-12-27-16-5-3-4-6-17(16)28-15/h3-10,15H,2,11-12H2,1H3,(H,21,23)(H,22,24). The Hall–Kier alpha value is -3.55. The van der Waals surface area contributed by atoms with Gasteiger partial charge in [0.1, 0.15) is 12.7 Å². The zero-order chi connectivity index (χ0) is 19.9. The Morgan fingerprint density at radius 1 is 1.04 bits per heavy atom. The van der Waals surface area contributed by atoms with Crippen LogP contribution in [0.25, 0.3) is 0 Å². The van der Waals surface area contributed by atoms with Gasteiger partial charge in [-0.15, -0.1) is 0 Å². The first-order valence-electron chi connectivity index (χ1n) is 8.81. The second kappa shape index (κ2) is 8.90. The van der Waals surface area contributed by atoms with Crippen molar-refractivity contribution in [1.82, 2.24) is 5.32 Å². The Morgan fingerprint density at radius 2 is 1.75 bits per heavy atom. The summed E-state index contributed by atoms with van der Waals surface area (Å²) in [5.74, 6) is -0.819. The third-order valence-electron chi connectivity index (χ3n) is 3.92. The highest BCUT2D eigenvalue weighted by Gasteiger charge is 2.22. The Morgan fingerprint density at radius 3 is 2.46 bits per heavy atom. The van der Waals surface area contributed by atoms with E-state index in [2.05, 4.69) is 10.6 Å². The van der Waals surface area contributed by atoms with Gasteiger partial charge in [-0.3, -0.25) is 9.59 Å². The molecule has 1 heterocycles. The molecule has 8 nitrogen and oxygen atoms in total. The van der Waals surface area contributed by atoms with Crippen LogP contribution < -0.4 is 20.1 Å². The van der Waals surface area contributed by atoms with Crippen LogP contribution in [-0.2, 0) is 14.3 Å². The van der Waals surface area contributed by atoms with E-state index in [1.54, 1.807) is 19.1 Å². The molecule has 146 valence electrons. The molecule has 2 aromatic carbocycles. The van der Waals surface area contributed by atoms with E-state index in [4.69, 9.17) is 14.2 Å². The third-order valence-corrected chi connectivity index (χ3v) is 3.92. The van der Waals surface area contributed by atoms with E-state index in [9.17, 15) is 14.4 Å². The fourth-order valence-corrected chi connectivity index (χ4v) is 2.54. The fourth-order valence-electron chi connectivity index (χ4n) is 2.54. The summed E-state index contributed by atoms with van der Waals surface area (Å²) < 4.78 is 16.2. The van der Waals surface area contributed by atoms with Crippen molar-refractivity contribution in [3.8, 4) is 11.5 Å². The largest absolute Gasteiger partial charge is 0.486 e. The molecule has 3 rings (SSSR count). The summed E-state index contributed by atoms with van der Waals surface area (Å²) in [6.45, 7) is 2.39. The number of ether oxygens (including phenoxy) is 3. The lowest BCUT2D eigenvalue weighted by atomic mass is 10.2. The van der Waals surface area contributed by atoms with Gasteiger partial charge in [-0.2, -0.15) is 0 Å². The van der Waals surface area contributed by atoms with Gasteiger partial charge in [0.2, 0.25) is 0 Å². The first kappa shape index (κ1) is 19.2. The highest BCUT2D eigenvalue weighted by atomic mass is 16.6. The van der Waals surface area contributed by atoms with Crippen molar-refractivity contribution in [3.05, 3.63) is 54.1 Å². The molecule has 1 atom stereocenters. The molecule has 2 aromatic rings. The minimum absolute atomic E-state index is 0.127. The highest BCUT2D eigenvalue weighted by molar-refractivity contribution is 6.39. The zero-order valence-corrected chi connectivity index (χ0v) is 15.3. The van der Waals surface area contributed by atoms with E-state index in [-0.39, 0.29) is 19.8 Å². The lowest BCUT2D eigenvalue weighted by Gasteiger charge is -2.26. The number of carbonyl (C=O) groups excluding carboxylic acids is 3. The molecule has 1 unspecified atom stereocenters. The van der Waals surface area contributed by atoms with E-state index in [1.807, 2.05) is 12.1 Å². The van der Waals surface area contributed by atoms with Gasteiger partial charge in [-0.05, 0) is 43.3 Å². The number of para-hydroxylation sites is 2. The van der Waals surface area contributed by atoms with Crippen LogP contribution in [0.15, 0.2) is 48.5 Å². The second-order valence-corrected chi connectivity index (χ2v) is 5.96. The molecule has 1 aliphatic heterocycles. The first-order valence-corrected chi connectivity index (χ1v) is 8.81. The molecule has 1 aliphatic rings. The van der Waals surface area contributed by atoms with Crippen LogP contribution in [0.5, 0.6) is 11.5 Å². The van der Waals surface area contributed by atoms with Crippen molar-refractivity contribution in [2.75, 3.05) is 25.1 Å². The Bertz CT molecular complexity index is 865. The molecule has 28 heavy (non-hydrogen) atoms. The van der Waals surface area contributed by atoms with Gasteiger partial charge in [0.25, 0.3) is 0 Å². The monoisotopic (exact) mass is 384 g/mol. The molecule has 0 aromatic heterocycles. The van der Waals surface area contributed by atoms with E-state index >= 15 is 0 Å². The Labute approximate surface area is 161 Å². The summed E-state index contributed by atoms with van der Waals surface area (Å²) in [5, 5.41) is 4.99. The Kier molecular flexibility index (Phi) is 6.11. The van der Waals surface area contributed by atoms with E-state index in [0.717, 1.165) is 0 Å². The topological polar surface area (TPSA) is 103 Å². The van der Waals surface area contributed by atoms with E-state index in [1.165, 1.54) is 24.3 Å². The number of esters is 1. The van der Waals surface area contributed by atoms with E-state index in [0.29, 0.717) is 22.7 Å². The maximum atomic E-state index is 12.0. The molecular weight excluding hydrogens is 364 g/mol. The summed E-state index contributed by atoms with van der Waals surface area (Å²) >= 11 is 0. The normalized spacial score (nSPS) is 14.7. The summed E-state index contributed by atoms with van der Waals surface area (Å²) in [7, 11) is 0. The maximum absolute atomic E-state index is 12.0. The molecule has 0 fully saturated rings. The minimum atomic E-state index is -0.819. The second-order valence-electron chi connectivity index (χ2n) is 5.96. The molecule has 0 saturated carbocycles. The molecule has 0 aliphatic carbocycles. The van der Waals surface area contributed by atoms with Gasteiger partial charge in [-0.1, -0.05) is 12.1 Å². The number of anilines is 1. The zero-order valence-electron chi connectivity index (χ0n) is 15.3. The lowest BCUT2D eigenvalue weighted by molar-refractivity contribution is -0.136.